The highest BCUT2D eigenvalue weighted by Crippen LogP contribution is 1.95. The monoisotopic (exact) mass is 231 g/mol. The smallest absolute Gasteiger partial charge is 0.342 e. The molecule has 1 heterocycles. The van der Waals surface area contributed by atoms with Crippen LogP contribution in [-0.2, 0) is 16.1 Å². The van der Waals surface area contributed by atoms with Gasteiger partial charge in [-0.15, -0.1) is 0 Å². The Bertz CT molecular complexity index is 403. The van der Waals surface area contributed by atoms with Crippen LogP contribution in [0.1, 0.15) is 19.8 Å². The molecule has 0 amide bonds. The minimum atomic E-state index is -0.288. The van der Waals surface area contributed by atoms with Gasteiger partial charge in [-0.25, -0.2) is 9.89 Å². The molecule has 0 radical (unpaired) electrons. The average molecular weight is 231 g/mol. The van der Waals surface area contributed by atoms with Gasteiger partial charge < -0.3 is 4.74 Å². The highest BCUT2D eigenvalue weighted by molar-refractivity contribution is 7.71. The van der Waals surface area contributed by atoms with Crippen LogP contribution >= 0.6 is 12.2 Å². The quantitative estimate of drug-likeness (QED) is 0.573. The van der Waals surface area contributed by atoms with Crippen molar-refractivity contribution in [2.24, 2.45) is 0 Å². The van der Waals surface area contributed by atoms with Gasteiger partial charge in [0.1, 0.15) is 0 Å². The summed E-state index contributed by atoms with van der Waals surface area (Å²) in [6.45, 7) is 2.55. The second-order valence-electron chi connectivity index (χ2n) is 2.92. The van der Waals surface area contributed by atoms with E-state index in [4.69, 9.17) is 17.0 Å². The molecule has 84 valence electrons. The van der Waals surface area contributed by atoms with Crippen molar-refractivity contribution in [2.45, 2.75) is 26.3 Å². The van der Waals surface area contributed by atoms with E-state index >= 15 is 0 Å². The first-order valence-electron chi connectivity index (χ1n) is 4.68. The number of carbonyl (C=O) groups is 1. The van der Waals surface area contributed by atoms with Gasteiger partial charge in [0, 0.05) is 13.0 Å². The van der Waals surface area contributed by atoms with E-state index in [2.05, 4.69) is 10.2 Å². The zero-order valence-electron chi connectivity index (χ0n) is 8.41. The minimum Gasteiger partial charge on any atom is -0.466 e. The minimum absolute atomic E-state index is 0.254. The highest BCUT2D eigenvalue weighted by Gasteiger charge is 2.03. The van der Waals surface area contributed by atoms with Gasteiger partial charge in [-0.1, -0.05) is 0 Å². The number of ether oxygens (including phenoxy) is 1. The molecule has 2 N–H and O–H groups in total. The van der Waals surface area contributed by atoms with Gasteiger partial charge >= 0.3 is 11.7 Å². The Morgan fingerprint density at radius 1 is 1.53 bits per heavy atom. The molecule has 1 aromatic rings. The highest BCUT2D eigenvalue weighted by atomic mass is 32.1. The molecule has 0 aliphatic heterocycles. The third-order valence-electron chi connectivity index (χ3n) is 1.83. The van der Waals surface area contributed by atoms with E-state index in [0.717, 1.165) is 0 Å². The van der Waals surface area contributed by atoms with Gasteiger partial charge in [-0.2, -0.15) is 0 Å². The van der Waals surface area contributed by atoms with Crippen LogP contribution in [0.15, 0.2) is 4.79 Å². The fraction of sp³-hybridized carbons (Fsp3) is 0.625. The fourth-order valence-electron chi connectivity index (χ4n) is 1.15. The molecule has 0 fully saturated rings. The molecule has 0 aliphatic carbocycles. The van der Waals surface area contributed by atoms with E-state index < -0.39 is 0 Å². The predicted octanol–water partition coefficient (Wildman–Crippen LogP) is 0.577. The molecule has 7 heteroatoms. The SMILES string of the molecule is CCOC(=O)CCCn1c(=O)[nH][nH]c1=S. The lowest BCUT2D eigenvalue weighted by atomic mass is 10.3. The van der Waals surface area contributed by atoms with Crippen molar-refractivity contribution >= 4 is 18.2 Å². The maximum absolute atomic E-state index is 11.1. The van der Waals surface area contributed by atoms with Crippen molar-refractivity contribution in [3.8, 4) is 0 Å². The first-order chi connectivity index (χ1) is 7.15. The van der Waals surface area contributed by atoms with Crippen molar-refractivity contribution in [1.82, 2.24) is 14.8 Å². The molecule has 0 aliphatic rings. The number of rotatable bonds is 5. The first-order valence-corrected chi connectivity index (χ1v) is 5.09. The van der Waals surface area contributed by atoms with Crippen molar-refractivity contribution < 1.29 is 9.53 Å². The summed E-state index contributed by atoms with van der Waals surface area (Å²) >= 11 is 4.86. The summed E-state index contributed by atoms with van der Waals surface area (Å²) < 4.78 is 6.46. The summed E-state index contributed by atoms with van der Waals surface area (Å²) in [6.07, 6.45) is 0.828. The summed E-state index contributed by atoms with van der Waals surface area (Å²) in [5, 5.41) is 4.89. The predicted molar refractivity (Wildman–Crippen MR) is 56.1 cm³/mol. The van der Waals surface area contributed by atoms with E-state index in [1.54, 1.807) is 6.92 Å². The van der Waals surface area contributed by atoms with Gasteiger partial charge in [0.15, 0.2) is 4.77 Å². The molecule has 1 rings (SSSR count). The van der Waals surface area contributed by atoms with E-state index in [-0.39, 0.29) is 11.7 Å². The molecule has 15 heavy (non-hydrogen) atoms. The molecule has 0 saturated heterocycles. The number of carbonyl (C=O) groups excluding carboxylic acids is 1. The van der Waals surface area contributed by atoms with Gasteiger partial charge in [-0.05, 0) is 25.6 Å². The number of aromatic nitrogens is 3. The van der Waals surface area contributed by atoms with Crippen LogP contribution in [0.4, 0.5) is 0 Å². The summed E-state index contributed by atoms with van der Waals surface area (Å²) in [6, 6.07) is 0. The fourth-order valence-corrected chi connectivity index (χ4v) is 1.38. The summed E-state index contributed by atoms with van der Waals surface area (Å²) in [4.78, 5) is 22.1. The lowest BCUT2D eigenvalue weighted by Gasteiger charge is -2.01. The molecule has 0 atom stereocenters. The van der Waals surface area contributed by atoms with Gasteiger partial charge in [0.25, 0.3) is 0 Å². The van der Waals surface area contributed by atoms with Crippen LogP contribution < -0.4 is 5.69 Å². The zero-order valence-corrected chi connectivity index (χ0v) is 9.23. The van der Waals surface area contributed by atoms with Crippen molar-refractivity contribution in [1.29, 1.82) is 0 Å². The lowest BCUT2D eigenvalue weighted by Crippen LogP contribution is -2.17. The zero-order chi connectivity index (χ0) is 11.3. The number of hydrogen-bond donors (Lipinski definition) is 2. The molecule has 0 unspecified atom stereocenters. The summed E-state index contributed by atoms with van der Waals surface area (Å²) in [5.74, 6) is -0.254. The van der Waals surface area contributed by atoms with Crippen molar-refractivity contribution in [2.75, 3.05) is 6.61 Å². The standard InChI is InChI=1S/C8H13N3O3S/c1-2-14-6(12)4-3-5-11-7(13)9-10-8(11)15/h2-5H2,1H3,(H,9,13)(H,10,15). The van der Waals surface area contributed by atoms with Crippen LogP contribution in [0.3, 0.4) is 0 Å². The van der Waals surface area contributed by atoms with Crippen LogP contribution in [-0.4, -0.2) is 27.3 Å². The Balaban J connectivity index is 2.42. The van der Waals surface area contributed by atoms with Crippen LogP contribution in [0.25, 0.3) is 0 Å². The van der Waals surface area contributed by atoms with Crippen LogP contribution in [0.5, 0.6) is 0 Å². The van der Waals surface area contributed by atoms with Crippen LogP contribution in [0, 0.1) is 4.77 Å². The average Bonchev–Trinajstić information content (AvgIpc) is 2.49. The Morgan fingerprint density at radius 3 is 2.80 bits per heavy atom. The third kappa shape index (κ3) is 3.35. The first kappa shape index (κ1) is 11.7. The topological polar surface area (TPSA) is 79.9 Å². The Labute approximate surface area is 91.2 Å². The summed E-state index contributed by atoms with van der Waals surface area (Å²) in [5.41, 5.74) is -0.288. The van der Waals surface area contributed by atoms with Crippen LogP contribution in [0.2, 0.25) is 0 Å². The van der Waals surface area contributed by atoms with E-state index in [9.17, 15) is 9.59 Å². The lowest BCUT2D eigenvalue weighted by molar-refractivity contribution is -0.143. The Morgan fingerprint density at radius 2 is 2.27 bits per heavy atom. The molecular formula is C8H13N3O3S. The molecule has 6 nitrogen and oxygen atoms in total. The number of nitrogens with one attached hydrogen (secondary N) is 2. The second-order valence-corrected chi connectivity index (χ2v) is 3.31. The largest absolute Gasteiger partial charge is 0.466 e. The summed E-state index contributed by atoms with van der Waals surface area (Å²) in [7, 11) is 0. The Hall–Kier alpha value is -1.37. The van der Waals surface area contributed by atoms with Crippen molar-refractivity contribution in [3.63, 3.8) is 0 Å². The van der Waals surface area contributed by atoms with Gasteiger partial charge in [0.05, 0.1) is 6.61 Å². The molecular weight excluding hydrogens is 218 g/mol. The normalized spacial score (nSPS) is 10.2. The molecule has 0 spiro atoms. The molecule has 0 bridgehead atoms. The van der Waals surface area contributed by atoms with E-state index in [0.29, 0.717) is 30.8 Å². The van der Waals surface area contributed by atoms with Gasteiger partial charge in [0.2, 0.25) is 0 Å². The van der Waals surface area contributed by atoms with Crippen molar-refractivity contribution in [3.05, 3.63) is 15.3 Å². The van der Waals surface area contributed by atoms with E-state index in [1.807, 2.05) is 0 Å². The maximum atomic E-state index is 11.1. The number of aromatic amines is 2. The number of nitrogens with zero attached hydrogens (tertiary/aromatic N) is 1. The maximum Gasteiger partial charge on any atom is 0.342 e. The molecule has 0 aromatic carbocycles. The second kappa shape index (κ2) is 5.50. The van der Waals surface area contributed by atoms with E-state index in [1.165, 1.54) is 4.57 Å². The molecule has 0 saturated carbocycles. The molecule has 1 aromatic heterocycles. The van der Waals surface area contributed by atoms with Gasteiger partial charge in [-0.3, -0.25) is 14.5 Å². The number of esters is 1. The number of H-pyrrole nitrogens is 2. The third-order valence-corrected chi connectivity index (χ3v) is 2.16. The number of hydrogen-bond acceptors (Lipinski definition) is 4. The Kier molecular flexibility index (Phi) is 4.29.